The molecule has 186 valence electrons. The first-order chi connectivity index (χ1) is 16.5. The smallest absolute Gasteiger partial charge is 0.407 e. The van der Waals surface area contributed by atoms with Crippen LogP contribution >= 0.6 is 0 Å². The Labute approximate surface area is 203 Å². The fourth-order valence-electron chi connectivity index (χ4n) is 4.39. The van der Waals surface area contributed by atoms with E-state index in [9.17, 15) is 19.5 Å². The molecule has 9 heteroatoms. The van der Waals surface area contributed by atoms with Gasteiger partial charge in [0.15, 0.2) is 5.60 Å². The van der Waals surface area contributed by atoms with E-state index in [-0.39, 0.29) is 32.2 Å². The summed E-state index contributed by atoms with van der Waals surface area (Å²) >= 11 is 0. The summed E-state index contributed by atoms with van der Waals surface area (Å²) in [6.45, 7) is 4.68. The number of nitrogens with zero attached hydrogens (tertiary/aromatic N) is 1. The number of carboxylic acids is 1. The number of carbonyl (C=O) groups is 3. The molecule has 2 amide bonds. The van der Waals surface area contributed by atoms with E-state index in [1.165, 1.54) is 4.90 Å². The van der Waals surface area contributed by atoms with Crippen LogP contribution in [0.4, 0.5) is 4.79 Å². The average Bonchev–Trinajstić information content (AvgIpc) is 3.11. The maximum absolute atomic E-state index is 12.9. The molecule has 0 bridgehead atoms. The minimum absolute atomic E-state index is 0.0867. The van der Waals surface area contributed by atoms with Crippen LogP contribution in [0.3, 0.4) is 0 Å². The highest BCUT2D eigenvalue weighted by Gasteiger charge is 2.51. The number of carboxylic acid groups (broad SMARTS) is 1. The van der Waals surface area contributed by atoms with Crippen LogP contribution in [0.25, 0.3) is 11.1 Å². The SMILES string of the molecule is CC(C)(C)OC[C@H](NC(=O)OCC1c2ccccc2-c2ccccc21)C(=O)N1CC(O)(C(=O)O)C1. The van der Waals surface area contributed by atoms with Crippen molar-refractivity contribution >= 4 is 18.0 Å². The van der Waals surface area contributed by atoms with Crippen LogP contribution < -0.4 is 5.32 Å². The summed E-state index contributed by atoms with van der Waals surface area (Å²) in [5.74, 6) is -2.07. The van der Waals surface area contributed by atoms with Crippen LogP contribution in [-0.2, 0) is 19.1 Å². The highest BCUT2D eigenvalue weighted by molar-refractivity contribution is 5.90. The van der Waals surface area contributed by atoms with E-state index in [1.54, 1.807) is 0 Å². The molecule has 3 N–H and O–H groups in total. The van der Waals surface area contributed by atoms with Gasteiger partial charge in [0, 0.05) is 5.92 Å². The molecule has 2 aromatic carbocycles. The van der Waals surface area contributed by atoms with E-state index in [4.69, 9.17) is 14.6 Å². The van der Waals surface area contributed by atoms with Crippen molar-refractivity contribution in [1.82, 2.24) is 10.2 Å². The first kappa shape index (κ1) is 24.7. The summed E-state index contributed by atoms with van der Waals surface area (Å²) in [4.78, 5) is 38.0. The van der Waals surface area contributed by atoms with E-state index in [0.29, 0.717) is 0 Å². The lowest BCUT2D eigenvalue weighted by Crippen LogP contribution is -2.70. The van der Waals surface area contributed by atoms with Crippen molar-refractivity contribution in [3.05, 3.63) is 59.7 Å². The van der Waals surface area contributed by atoms with Gasteiger partial charge >= 0.3 is 12.1 Å². The monoisotopic (exact) mass is 482 g/mol. The van der Waals surface area contributed by atoms with Crippen molar-refractivity contribution in [3.63, 3.8) is 0 Å². The highest BCUT2D eigenvalue weighted by Crippen LogP contribution is 2.44. The predicted octanol–water partition coefficient (Wildman–Crippen LogP) is 2.37. The third-order valence-corrected chi connectivity index (χ3v) is 6.23. The number of likely N-dealkylation sites (tertiary alicyclic amines) is 1. The molecule has 1 fully saturated rings. The molecule has 0 saturated carbocycles. The van der Waals surface area contributed by atoms with Crippen LogP contribution in [0.15, 0.2) is 48.5 Å². The molecule has 1 saturated heterocycles. The van der Waals surface area contributed by atoms with Gasteiger partial charge in [-0.2, -0.15) is 0 Å². The number of ether oxygens (including phenoxy) is 2. The van der Waals surface area contributed by atoms with E-state index < -0.39 is 35.2 Å². The van der Waals surface area contributed by atoms with Gasteiger partial charge in [0.05, 0.1) is 25.3 Å². The van der Waals surface area contributed by atoms with Crippen LogP contribution in [0.1, 0.15) is 37.8 Å². The van der Waals surface area contributed by atoms with E-state index >= 15 is 0 Å². The molecule has 9 nitrogen and oxygen atoms in total. The number of fused-ring (bicyclic) bond motifs is 3. The second-order valence-electron chi connectivity index (χ2n) is 9.98. The molecule has 1 atom stereocenters. The minimum atomic E-state index is -1.98. The van der Waals surface area contributed by atoms with Gasteiger partial charge in [-0.15, -0.1) is 0 Å². The molecule has 35 heavy (non-hydrogen) atoms. The highest BCUT2D eigenvalue weighted by atomic mass is 16.5. The number of amides is 2. The van der Waals surface area contributed by atoms with Crippen LogP contribution in [-0.4, -0.2) is 76.6 Å². The van der Waals surface area contributed by atoms with Crippen LogP contribution in [0, 0.1) is 0 Å². The van der Waals surface area contributed by atoms with Gasteiger partial charge in [-0.05, 0) is 43.0 Å². The van der Waals surface area contributed by atoms with Crippen molar-refractivity contribution in [2.45, 2.75) is 43.9 Å². The molecular formula is C26H30N2O7. The van der Waals surface area contributed by atoms with Crippen molar-refractivity contribution in [1.29, 1.82) is 0 Å². The molecule has 0 unspecified atom stereocenters. The van der Waals surface area contributed by atoms with E-state index in [1.807, 2.05) is 69.3 Å². The van der Waals surface area contributed by atoms with Gasteiger partial charge in [0.25, 0.3) is 0 Å². The zero-order valence-corrected chi connectivity index (χ0v) is 20.0. The van der Waals surface area contributed by atoms with Gasteiger partial charge in [-0.3, -0.25) is 4.79 Å². The first-order valence-corrected chi connectivity index (χ1v) is 11.5. The Hall–Kier alpha value is -3.43. The quantitative estimate of drug-likeness (QED) is 0.553. The molecule has 2 aliphatic rings. The molecular weight excluding hydrogens is 452 g/mol. The zero-order valence-electron chi connectivity index (χ0n) is 20.0. The summed E-state index contributed by atoms with van der Waals surface area (Å²) in [6.07, 6.45) is -0.781. The Morgan fingerprint density at radius 2 is 1.60 bits per heavy atom. The topological polar surface area (TPSA) is 125 Å². The number of nitrogens with one attached hydrogen (secondary N) is 1. The second kappa shape index (κ2) is 9.31. The van der Waals surface area contributed by atoms with Crippen molar-refractivity contribution in [2.24, 2.45) is 0 Å². The Balaban J connectivity index is 1.42. The summed E-state index contributed by atoms with van der Waals surface area (Å²) in [5.41, 5.74) is 1.80. The standard InChI is InChI=1S/C26H30N2O7/c1-25(2,3)35-13-21(22(29)28-14-26(33,15-28)23(30)31)27-24(32)34-12-20-18-10-6-4-8-16(18)17-9-5-7-11-19(17)20/h4-11,20-21,33H,12-15H2,1-3H3,(H,27,32)(H,30,31)/t21-/m0/s1. The normalized spacial score (nSPS) is 17.1. The number of carbonyl (C=O) groups excluding carboxylic acids is 2. The number of aliphatic hydroxyl groups is 1. The first-order valence-electron chi connectivity index (χ1n) is 11.5. The van der Waals surface area contributed by atoms with Gasteiger partial charge in [-0.25, -0.2) is 9.59 Å². The molecule has 0 aromatic heterocycles. The number of rotatable bonds is 7. The largest absolute Gasteiger partial charge is 0.479 e. The maximum atomic E-state index is 12.9. The third-order valence-electron chi connectivity index (χ3n) is 6.23. The Kier molecular flexibility index (Phi) is 6.57. The third kappa shape index (κ3) is 5.16. The molecule has 2 aromatic rings. The van der Waals surface area contributed by atoms with Crippen LogP contribution in [0.2, 0.25) is 0 Å². The Morgan fingerprint density at radius 1 is 1.06 bits per heavy atom. The summed E-state index contributed by atoms with van der Waals surface area (Å²) in [5, 5.41) is 21.6. The molecule has 1 heterocycles. The summed E-state index contributed by atoms with van der Waals surface area (Å²) in [7, 11) is 0. The van der Waals surface area contributed by atoms with Crippen LogP contribution in [0.5, 0.6) is 0 Å². The molecule has 1 aliphatic heterocycles. The number of benzene rings is 2. The minimum Gasteiger partial charge on any atom is -0.479 e. The number of hydrogen-bond donors (Lipinski definition) is 3. The average molecular weight is 483 g/mol. The van der Waals surface area contributed by atoms with Gasteiger partial charge < -0.3 is 29.9 Å². The van der Waals surface area contributed by atoms with E-state index in [2.05, 4.69) is 5.32 Å². The lowest BCUT2D eigenvalue weighted by atomic mass is 9.93. The fourth-order valence-corrected chi connectivity index (χ4v) is 4.39. The van der Waals surface area contributed by atoms with Gasteiger partial charge in [0.2, 0.25) is 5.91 Å². The van der Waals surface area contributed by atoms with Crippen molar-refractivity contribution < 1.29 is 34.1 Å². The van der Waals surface area contributed by atoms with Gasteiger partial charge in [-0.1, -0.05) is 48.5 Å². The lowest BCUT2D eigenvalue weighted by molar-refractivity contribution is -0.183. The molecule has 1 aliphatic carbocycles. The Bertz CT molecular complexity index is 1090. The molecule has 0 radical (unpaired) electrons. The lowest BCUT2D eigenvalue weighted by Gasteiger charge is -2.44. The maximum Gasteiger partial charge on any atom is 0.407 e. The number of hydrogen-bond acceptors (Lipinski definition) is 6. The molecule has 0 spiro atoms. The number of alkyl carbamates (subject to hydrolysis) is 1. The zero-order chi connectivity index (χ0) is 25.4. The predicted molar refractivity (Wildman–Crippen MR) is 127 cm³/mol. The summed E-state index contributed by atoms with van der Waals surface area (Å²) in [6, 6.07) is 14.8. The summed E-state index contributed by atoms with van der Waals surface area (Å²) < 4.78 is 11.2. The second-order valence-corrected chi connectivity index (χ2v) is 9.98. The van der Waals surface area contributed by atoms with E-state index in [0.717, 1.165) is 22.3 Å². The van der Waals surface area contributed by atoms with Gasteiger partial charge in [0.1, 0.15) is 12.6 Å². The van der Waals surface area contributed by atoms with Crippen molar-refractivity contribution in [2.75, 3.05) is 26.3 Å². The Morgan fingerprint density at radius 3 is 2.11 bits per heavy atom. The fraction of sp³-hybridized carbons (Fsp3) is 0.423. The number of β-amino-alcohol motifs (C(OH)–C–C–N with tert-alkyl or cyclic N) is 1. The molecule has 4 rings (SSSR count). The number of aliphatic carboxylic acids is 1. The van der Waals surface area contributed by atoms with Crippen molar-refractivity contribution in [3.8, 4) is 11.1 Å².